The van der Waals surface area contributed by atoms with E-state index < -0.39 is 0 Å². The Morgan fingerprint density at radius 3 is 2.67 bits per heavy atom. The number of Topliss-reactive ketones (excluding diaryl/α,β-unsaturated/α-hetero) is 1. The van der Waals surface area contributed by atoms with Crippen LogP contribution in [0.3, 0.4) is 0 Å². The van der Waals surface area contributed by atoms with Crippen LogP contribution in [0.1, 0.15) is 22.3 Å². The zero-order valence-corrected chi connectivity index (χ0v) is 11.7. The molecule has 2 rings (SSSR count). The summed E-state index contributed by atoms with van der Waals surface area (Å²) >= 11 is 3.35. The van der Waals surface area contributed by atoms with E-state index in [-0.39, 0.29) is 24.1 Å². The Bertz CT molecular complexity index is 510. The van der Waals surface area contributed by atoms with Crippen molar-refractivity contribution >= 4 is 27.7 Å². The van der Waals surface area contributed by atoms with Crippen LogP contribution >= 0.6 is 15.9 Å². The fraction of sp³-hybridized carbons (Fsp3) is 0.385. The van der Waals surface area contributed by atoms with Crippen molar-refractivity contribution in [2.24, 2.45) is 5.92 Å². The Morgan fingerprint density at radius 1 is 1.33 bits per heavy atom. The molecule has 1 aromatic carbocycles. The molecule has 1 aliphatic rings. The molecule has 0 bridgehead atoms. The van der Waals surface area contributed by atoms with E-state index >= 15 is 0 Å². The standard InChI is InChI=1S/C13H13BrO4/c1-17-12-5-7-3-8(13(16)18-2)4-11(15)9(7)6-10(12)14/h5-6,8H,3-4H2,1-2H3. The zero-order valence-electron chi connectivity index (χ0n) is 10.2. The van der Waals surface area contributed by atoms with Crippen LogP contribution in [0.25, 0.3) is 0 Å². The predicted molar refractivity (Wildman–Crippen MR) is 68.9 cm³/mol. The van der Waals surface area contributed by atoms with Gasteiger partial charge in [0.25, 0.3) is 0 Å². The monoisotopic (exact) mass is 312 g/mol. The summed E-state index contributed by atoms with van der Waals surface area (Å²) in [5.41, 5.74) is 1.49. The summed E-state index contributed by atoms with van der Waals surface area (Å²) in [5.74, 6) is -0.0983. The molecule has 0 amide bonds. The number of halogens is 1. The minimum absolute atomic E-state index is 0.0324. The third kappa shape index (κ3) is 2.27. The van der Waals surface area contributed by atoms with Crippen molar-refractivity contribution in [3.8, 4) is 5.75 Å². The molecule has 5 heteroatoms. The molecule has 0 fully saturated rings. The lowest BCUT2D eigenvalue weighted by Gasteiger charge is -2.22. The minimum Gasteiger partial charge on any atom is -0.496 e. The number of methoxy groups -OCH3 is 2. The van der Waals surface area contributed by atoms with Crippen molar-refractivity contribution in [3.63, 3.8) is 0 Å². The van der Waals surface area contributed by atoms with Crippen LogP contribution in [-0.2, 0) is 16.0 Å². The summed E-state index contributed by atoms with van der Waals surface area (Å²) in [6.07, 6.45) is 0.718. The van der Waals surface area contributed by atoms with Crippen LogP contribution in [0.2, 0.25) is 0 Å². The van der Waals surface area contributed by atoms with E-state index in [1.807, 2.05) is 0 Å². The van der Waals surface area contributed by atoms with E-state index in [1.165, 1.54) is 7.11 Å². The predicted octanol–water partition coefficient (Wildman–Crippen LogP) is 2.38. The van der Waals surface area contributed by atoms with Crippen LogP contribution < -0.4 is 4.74 Å². The van der Waals surface area contributed by atoms with Crippen LogP contribution in [0.4, 0.5) is 0 Å². The molecule has 0 N–H and O–H groups in total. The molecule has 0 saturated heterocycles. The smallest absolute Gasteiger partial charge is 0.309 e. The van der Waals surface area contributed by atoms with Gasteiger partial charge in [-0.05, 0) is 40.0 Å². The van der Waals surface area contributed by atoms with Gasteiger partial charge in [0.1, 0.15) is 5.75 Å². The fourth-order valence-electron chi connectivity index (χ4n) is 2.19. The number of hydrogen-bond donors (Lipinski definition) is 0. The summed E-state index contributed by atoms with van der Waals surface area (Å²) in [7, 11) is 2.90. The lowest BCUT2D eigenvalue weighted by Crippen LogP contribution is -2.27. The zero-order chi connectivity index (χ0) is 13.3. The van der Waals surface area contributed by atoms with Gasteiger partial charge in [-0.2, -0.15) is 0 Å². The van der Waals surface area contributed by atoms with Gasteiger partial charge in [0, 0.05) is 12.0 Å². The Balaban J connectivity index is 2.40. The normalized spacial score (nSPS) is 18.2. The van der Waals surface area contributed by atoms with Gasteiger partial charge < -0.3 is 9.47 Å². The average molecular weight is 313 g/mol. The first-order valence-electron chi connectivity index (χ1n) is 5.54. The molecule has 0 spiro atoms. The van der Waals surface area contributed by atoms with Gasteiger partial charge in [0.2, 0.25) is 0 Å². The van der Waals surface area contributed by atoms with Crippen LogP contribution in [0.5, 0.6) is 5.75 Å². The number of carbonyl (C=O) groups is 2. The first-order valence-corrected chi connectivity index (χ1v) is 6.33. The summed E-state index contributed by atoms with van der Waals surface area (Å²) in [4.78, 5) is 23.5. The molecule has 0 aromatic heterocycles. The Labute approximate surface area is 113 Å². The van der Waals surface area contributed by atoms with Crippen molar-refractivity contribution in [1.29, 1.82) is 0 Å². The Kier molecular flexibility index (Phi) is 3.71. The third-order valence-corrected chi connectivity index (χ3v) is 3.73. The van der Waals surface area contributed by atoms with Gasteiger partial charge in [-0.3, -0.25) is 9.59 Å². The highest BCUT2D eigenvalue weighted by atomic mass is 79.9. The Hall–Kier alpha value is -1.36. The van der Waals surface area contributed by atoms with Crippen LogP contribution in [0, 0.1) is 5.92 Å². The molecule has 0 saturated carbocycles. The maximum Gasteiger partial charge on any atom is 0.309 e. The molecule has 1 aromatic rings. The van der Waals surface area contributed by atoms with Gasteiger partial charge in [0.15, 0.2) is 5.78 Å². The van der Waals surface area contributed by atoms with E-state index in [2.05, 4.69) is 15.9 Å². The third-order valence-electron chi connectivity index (χ3n) is 3.11. The maximum atomic E-state index is 12.0. The maximum absolute atomic E-state index is 12.0. The number of hydrogen-bond acceptors (Lipinski definition) is 4. The first kappa shape index (κ1) is 13.1. The summed E-state index contributed by atoms with van der Waals surface area (Å²) in [6, 6.07) is 3.55. The second-order valence-electron chi connectivity index (χ2n) is 4.20. The Morgan fingerprint density at radius 2 is 2.06 bits per heavy atom. The number of benzene rings is 1. The van der Waals surface area contributed by atoms with E-state index in [0.29, 0.717) is 17.7 Å². The molecular formula is C13H13BrO4. The molecule has 1 atom stereocenters. The highest BCUT2D eigenvalue weighted by molar-refractivity contribution is 9.10. The number of carbonyl (C=O) groups excluding carboxylic acids is 2. The van der Waals surface area contributed by atoms with E-state index in [1.54, 1.807) is 19.2 Å². The molecule has 1 aliphatic carbocycles. The summed E-state index contributed by atoms with van der Waals surface area (Å²) < 4.78 is 10.6. The average Bonchev–Trinajstić information content (AvgIpc) is 2.37. The highest BCUT2D eigenvalue weighted by Crippen LogP contribution is 2.34. The van der Waals surface area contributed by atoms with Gasteiger partial charge in [-0.1, -0.05) is 0 Å². The molecule has 0 radical (unpaired) electrons. The first-order chi connectivity index (χ1) is 8.56. The minimum atomic E-state index is -0.388. The van der Waals surface area contributed by atoms with Crippen molar-refractivity contribution in [2.45, 2.75) is 12.8 Å². The number of ether oxygens (including phenoxy) is 2. The second kappa shape index (κ2) is 5.10. The highest BCUT2D eigenvalue weighted by Gasteiger charge is 2.31. The quantitative estimate of drug-likeness (QED) is 0.787. The molecule has 0 aliphatic heterocycles. The molecule has 1 unspecified atom stereocenters. The second-order valence-corrected chi connectivity index (χ2v) is 5.05. The SMILES string of the molecule is COC(=O)C1CC(=O)c2cc(Br)c(OC)cc2C1. The van der Waals surface area contributed by atoms with Gasteiger partial charge in [-0.15, -0.1) is 0 Å². The number of ketones is 1. The molecular weight excluding hydrogens is 300 g/mol. The van der Waals surface area contributed by atoms with Crippen molar-refractivity contribution in [1.82, 2.24) is 0 Å². The summed E-state index contributed by atoms with van der Waals surface area (Å²) in [6.45, 7) is 0. The number of fused-ring (bicyclic) bond motifs is 1. The fourth-order valence-corrected chi connectivity index (χ4v) is 2.69. The van der Waals surface area contributed by atoms with E-state index in [4.69, 9.17) is 9.47 Å². The van der Waals surface area contributed by atoms with E-state index in [9.17, 15) is 9.59 Å². The van der Waals surface area contributed by atoms with Gasteiger partial charge in [-0.25, -0.2) is 0 Å². The number of esters is 1. The van der Waals surface area contributed by atoms with Gasteiger partial charge in [0.05, 0.1) is 24.6 Å². The summed E-state index contributed by atoms with van der Waals surface area (Å²) in [5, 5.41) is 0. The molecule has 0 heterocycles. The molecule has 4 nitrogen and oxygen atoms in total. The van der Waals surface area contributed by atoms with E-state index in [0.717, 1.165) is 10.0 Å². The van der Waals surface area contributed by atoms with Crippen molar-refractivity contribution < 1.29 is 19.1 Å². The van der Waals surface area contributed by atoms with Gasteiger partial charge >= 0.3 is 5.97 Å². The van der Waals surface area contributed by atoms with Crippen LogP contribution in [0.15, 0.2) is 16.6 Å². The number of rotatable bonds is 2. The molecule has 18 heavy (non-hydrogen) atoms. The molecule has 96 valence electrons. The lowest BCUT2D eigenvalue weighted by molar-refractivity contribution is -0.145. The van der Waals surface area contributed by atoms with Crippen molar-refractivity contribution in [3.05, 3.63) is 27.7 Å². The van der Waals surface area contributed by atoms with Crippen molar-refractivity contribution in [2.75, 3.05) is 14.2 Å². The largest absolute Gasteiger partial charge is 0.496 e. The lowest BCUT2D eigenvalue weighted by atomic mass is 9.83. The van der Waals surface area contributed by atoms with Crippen LogP contribution in [-0.4, -0.2) is 26.0 Å². The topological polar surface area (TPSA) is 52.6 Å².